The molecule has 4 aromatic rings. The number of para-hydroxylation sites is 2. The molecule has 0 saturated heterocycles. The number of amides is 2. The largest absolute Gasteiger partial charge is 0.468 e. The smallest absolute Gasteiger partial charge is 0.325 e. The minimum atomic E-state index is -0.538. The molecule has 5 rings (SSSR count). The summed E-state index contributed by atoms with van der Waals surface area (Å²) in [7, 11) is 1.29. The molecule has 0 saturated carbocycles. The highest BCUT2D eigenvalue weighted by Crippen LogP contribution is 2.42. The summed E-state index contributed by atoms with van der Waals surface area (Å²) < 4.78 is 4.88. The van der Waals surface area contributed by atoms with Gasteiger partial charge in [-0.3, -0.25) is 19.3 Å². The van der Waals surface area contributed by atoms with Crippen LogP contribution in [0.1, 0.15) is 34.1 Å². The van der Waals surface area contributed by atoms with Gasteiger partial charge in [-0.2, -0.15) is 0 Å². The summed E-state index contributed by atoms with van der Waals surface area (Å²) in [5.74, 6) is -1.12. The maximum absolute atomic E-state index is 13.7. The van der Waals surface area contributed by atoms with Gasteiger partial charge in [-0.25, -0.2) is 0 Å². The third-order valence-corrected chi connectivity index (χ3v) is 6.28. The highest BCUT2D eigenvalue weighted by atomic mass is 16.5. The van der Waals surface area contributed by atoms with Crippen molar-refractivity contribution in [2.24, 2.45) is 0 Å². The van der Waals surface area contributed by atoms with Crippen LogP contribution in [0, 0.1) is 0 Å². The van der Waals surface area contributed by atoms with E-state index in [1.54, 1.807) is 24.4 Å². The Morgan fingerprint density at radius 3 is 2.53 bits per heavy atom. The summed E-state index contributed by atoms with van der Waals surface area (Å²) in [6.45, 7) is 2.48. The number of carbonyl (C=O) groups excluding carboxylic acids is 3. The molecular weight excluding hydrogens is 456 g/mol. The van der Waals surface area contributed by atoms with Crippen molar-refractivity contribution in [3.8, 4) is 0 Å². The number of methoxy groups -OCH3 is 1. The number of benzene rings is 3. The third kappa shape index (κ3) is 4.07. The number of hydrogen-bond donors (Lipinski definition) is 2. The van der Waals surface area contributed by atoms with Crippen LogP contribution in [0.25, 0.3) is 10.9 Å². The second-order valence-electron chi connectivity index (χ2n) is 8.54. The number of rotatable bonds is 6. The van der Waals surface area contributed by atoms with Crippen molar-refractivity contribution in [1.29, 1.82) is 0 Å². The van der Waals surface area contributed by atoms with Gasteiger partial charge in [0.2, 0.25) is 0 Å². The number of nitrogens with zero attached hydrogens (tertiary/aromatic N) is 2. The van der Waals surface area contributed by atoms with E-state index in [4.69, 9.17) is 4.74 Å². The molecule has 3 aromatic carbocycles. The van der Waals surface area contributed by atoms with Gasteiger partial charge in [-0.1, -0.05) is 37.3 Å². The summed E-state index contributed by atoms with van der Waals surface area (Å²) in [5, 5.41) is 3.76. The Balaban J connectivity index is 1.58. The van der Waals surface area contributed by atoms with Crippen LogP contribution in [0.2, 0.25) is 0 Å². The molecule has 0 atom stereocenters. The predicted molar refractivity (Wildman–Crippen MR) is 140 cm³/mol. The van der Waals surface area contributed by atoms with E-state index in [9.17, 15) is 14.4 Å². The Morgan fingerprint density at radius 1 is 0.944 bits per heavy atom. The van der Waals surface area contributed by atoms with E-state index in [1.165, 1.54) is 12.0 Å². The standard InChI is InChI=1S/C28H26N4O4/c1-3-14-31-23-11-7-5-9-20(23)28(35)32(17-26(33)36-2)25-15-18(12-13-24(25)31)30-27(34)21-16-29-22-10-6-4-8-19(21)22/h4-13,15-16,29H,3,14,17H2,1-2H3,(H,30,34). The number of ether oxygens (including phenoxy) is 1. The Labute approximate surface area is 208 Å². The Hall–Kier alpha value is -4.59. The summed E-state index contributed by atoms with van der Waals surface area (Å²) in [6, 6.07) is 20.3. The van der Waals surface area contributed by atoms with E-state index >= 15 is 0 Å². The first-order valence-electron chi connectivity index (χ1n) is 11.8. The molecule has 2 amide bonds. The molecule has 0 radical (unpaired) electrons. The van der Waals surface area contributed by atoms with Crippen LogP contribution in [0.4, 0.5) is 22.7 Å². The molecule has 182 valence electrons. The number of fused-ring (bicyclic) bond motifs is 3. The molecule has 2 heterocycles. The van der Waals surface area contributed by atoms with Gasteiger partial charge in [0.1, 0.15) is 6.54 Å². The van der Waals surface area contributed by atoms with Gasteiger partial charge >= 0.3 is 5.97 Å². The van der Waals surface area contributed by atoms with Gasteiger partial charge in [0.15, 0.2) is 0 Å². The maximum atomic E-state index is 13.7. The lowest BCUT2D eigenvalue weighted by molar-refractivity contribution is -0.138. The van der Waals surface area contributed by atoms with Crippen LogP contribution in [-0.2, 0) is 9.53 Å². The van der Waals surface area contributed by atoms with Crippen molar-refractivity contribution in [3.63, 3.8) is 0 Å². The maximum Gasteiger partial charge on any atom is 0.325 e. The fourth-order valence-electron chi connectivity index (χ4n) is 4.59. The summed E-state index contributed by atoms with van der Waals surface area (Å²) >= 11 is 0. The van der Waals surface area contributed by atoms with E-state index in [2.05, 4.69) is 22.1 Å². The van der Waals surface area contributed by atoms with E-state index < -0.39 is 5.97 Å². The molecule has 1 aromatic heterocycles. The van der Waals surface area contributed by atoms with E-state index in [0.29, 0.717) is 29.0 Å². The third-order valence-electron chi connectivity index (χ3n) is 6.28. The van der Waals surface area contributed by atoms with Crippen LogP contribution >= 0.6 is 0 Å². The second kappa shape index (κ2) is 9.58. The van der Waals surface area contributed by atoms with E-state index in [-0.39, 0.29) is 18.4 Å². The van der Waals surface area contributed by atoms with Gasteiger partial charge < -0.3 is 19.9 Å². The molecule has 1 aliphatic heterocycles. The summed E-state index contributed by atoms with van der Waals surface area (Å²) in [6.07, 6.45) is 2.52. The Kier molecular flexibility index (Phi) is 6.16. The van der Waals surface area contributed by atoms with Crippen molar-refractivity contribution in [3.05, 3.63) is 84.1 Å². The zero-order valence-corrected chi connectivity index (χ0v) is 20.1. The van der Waals surface area contributed by atoms with Gasteiger partial charge in [0.25, 0.3) is 11.8 Å². The molecular formula is C28H26N4O4. The minimum Gasteiger partial charge on any atom is -0.468 e. The molecule has 36 heavy (non-hydrogen) atoms. The molecule has 1 aliphatic rings. The number of H-pyrrole nitrogens is 1. The number of anilines is 4. The number of esters is 1. The monoisotopic (exact) mass is 482 g/mol. The van der Waals surface area contributed by atoms with Crippen molar-refractivity contribution in [2.45, 2.75) is 13.3 Å². The van der Waals surface area contributed by atoms with Crippen LogP contribution in [0.3, 0.4) is 0 Å². The molecule has 0 spiro atoms. The first kappa shape index (κ1) is 23.2. The molecule has 0 bridgehead atoms. The summed E-state index contributed by atoms with van der Waals surface area (Å²) in [5.41, 5.74) is 4.45. The fourth-order valence-corrected chi connectivity index (χ4v) is 4.59. The average molecular weight is 483 g/mol. The lowest BCUT2D eigenvalue weighted by atomic mass is 10.1. The van der Waals surface area contributed by atoms with Gasteiger partial charge in [0.05, 0.1) is 35.3 Å². The number of aromatic amines is 1. The molecule has 8 heteroatoms. The quantitative estimate of drug-likeness (QED) is 0.373. The lowest BCUT2D eigenvalue weighted by Gasteiger charge is -2.27. The van der Waals surface area contributed by atoms with Crippen LogP contribution in [0.5, 0.6) is 0 Å². The molecule has 0 aliphatic carbocycles. The van der Waals surface area contributed by atoms with Gasteiger partial charge in [-0.15, -0.1) is 0 Å². The van der Waals surface area contributed by atoms with Crippen LogP contribution in [0.15, 0.2) is 72.9 Å². The van der Waals surface area contributed by atoms with Crippen molar-refractivity contribution < 1.29 is 19.1 Å². The number of nitrogens with one attached hydrogen (secondary N) is 2. The average Bonchev–Trinajstić information content (AvgIpc) is 3.31. The summed E-state index contributed by atoms with van der Waals surface area (Å²) in [4.78, 5) is 45.7. The first-order chi connectivity index (χ1) is 17.5. The Bertz CT molecular complexity index is 1480. The molecule has 2 N–H and O–H groups in total. The topological polar surface area (TPSA) is 94.7 Å². The minimum absolute atomic E-state index is 0.253. The van der Waals surface area contributed by atoms with Gasteiger partial charge in [0, 0.05) is 29.3 Å². The predicted octanol–water partition coefficient (Wildman–Crippen LogP) is 5.10. The zero-order chi connectivity index (χ0) is 25.2. The SMILES string of the molecule is CCCN1c2ccccc2C(=O)N(CC(=O)OC)c2cc(NC(=O)c3c[nH]c4ccccc34)ccc21. The van der Waals surface area contributed by atoms with Crippen LogP contribution < -0.4 is 15.1 Å². The fraction of sp³-hybridized carbons (Fsp3) is 0.179. The number of carbonyl (C=O) groups is 3. The van der Waals surface area contributed by atoms with Crippen molar-refractivity contribution in [1.82, 2.24) is 4.98 Å². The highest BCUT2D eigenvalue weighted by Gasteiger charge is 2.32. The highest BCUT2D eigenvalue weighted by molar-refractivity contribution is 6.17. The number of hydrogen-bond acceptors (Lipinski definition) is 5. The molecule has 0 fully saturated rings. The molecule has 8 nitrogen and oxygen atoms in total. The van der Waals surface area contributed by atoms with Crippen molar-refractivity contribution in [2.75, 3.05) is 35.3 Å². The zero-order valence-electron chi connectivity index (χ0n) is 20.1. The Morgan fingerprint density at radius 2 is 1.72 bits per heavy atom. The number of aromatic nitrogens is 1. The van der Waals surface area contributed by atoms with E-state index in [0.717, 1.165) is 28.7 Å². The molecule has 0 unspecified atom stereocenters. The van der Waals surface area contributed by atoms with E-state index in [1.807, 2.05) is 48.5 Å². The van der Waals surface area contributed by atoms with Gasteiger partial charge in [-0.05, 0) is 42.8 Å². The van der Waals surface area contributed by atoms with Crippen molar-refractivity contribution >= 4 is 51.4 Å². The normalized spacial score (nSPS) is 12.7. The lowest BCUT2D eigenvalue weighted by Crippen LogP contribution is -2.36. The first-order valence-corrected chi connectivity index (χ1v) is 11.8. The van der Waals surface area contributed by atoms with Crippen LogP contribution in [-0.4, -0.2) is 43.0 Å². The second-order valence-corrected chi connectivity index (χ2v) is 8.54.